The highest BCUT2D eigenvalue weighted by Gasteiger charge is 2.31. The number of hydrogen-bond donors (Lipinski definition) is 0. The predicted molar refractivity (Wildman–Crippen MR) is 87.9 cm³/mol. The number of hydrogen-bond acceptors (Lipinski definition) is 3. The first-order valence-corrected chi connectivity index (χ1v) is 8.03. The third kappa shape index (κ3) is 5.94. The SMILES string of the molecule is CC.CC1CN(C)CCC1N(C)c1ccc(OC(F)(F)F)cc1. The molecule has 1 heterocycles. The molecule has 1 saturated heterocycles. The van der Waals surface area contributed by atoms with Gasteiger partial charge < -0.3 is 14.5 Å². The van der Waals surface area contributed by atoms with E-state index in [0.29, 0.717) is 12.0 Å². The Balaban J connectivity index is 0.00000127. The van der Waals surface area contributed by atoms with Gasteiger partial charge in [0.15, 0.2) is 0 Å². The summed E-state index contributed by atoms with van der Waals surface area (Å²) in [6.07, 6.45) is -3.59. The van der Waals surface area contributed by atoms with Crippen LogP contribution < -0.4 is 9.64 Å². The maximum Gasteiger partial charge on any atom is 0.573 e. The molecule has 0 N–H and O–H groups in total. The van der Waals surface area contributed by atoms with Crippen LogP contribution in [0.15, 0.2) is 24.3 Å². The second-order valence-electron chi connectivity index (χ2n) is 5.75. The lowest BCUT2D eigenvalue weighted by molar-refractivity contribution is -0.274. The Labute approximate surface area is 137 Å². The fourth-order valence-electron chi connectivity index (χ4n) is 2.99. The van der Waals surface area contributed by atoms with Crippen molar-refractivity contribution in [2.75, 3.05) is 32.1 Å². The average molecular weight is 332 g/mol. The van der Waals surface area contributed by atoms with Gasteiger partial charge in [0.05, 0.1) is 0 Å². The van der Waals surface area contributed by atoms with E-state index in [1.165, 1.54) is 12.1 Å². The molecule has 0 aliphatic carbocycles. The molecular weight excluding hydrogens is 305 g/mol. The summed E-state index contributed by atoms with van der Waals surface area (Å²) in [6, 6.07) is 6.46. The molecule has 1 aromatic rings. The van der Waals surface area contributed by atoms with Crippen LogP contribution in [-0.4, -0.2) is 44.5 Å². The first kappa shape index (κ1) is 19.6. The van der Waals surface area contributed by atoms with Gasteiger partial charge in [-0.3, -0.25) is 0 Å². The van der Waals surface area contributed by atoms with Crippen molar-refractivity contribution in [1.82, 2.24) is 4.90 Å². The molecule has 0 aromatic heterocycles. The van der Waals surface area contributed by atoms with E-state index in [4.69, 9.17) is 0 Å². The van der Waals surface area contributed by atoms with Crippen molar-refractivity contribution < 1.29 is 17.9 Å². The van der Waals surface area contributed by atoms with Crippen LogP contribution in [0.3, 0.4) is 0 Å². The molecule has 132 valence electrons. The van der Waals surface area contributed by atoms with Gasteiger partial charge in [0.1, 0.15) is 5.75 Å². The van der Waals surface area contributed by atoms with Crippen LogP contribution in [0, 0.1) is 5.92 Å². The second-order valence-corrected chi connectivity index (χ2v) is 5.75. The summed E-state index contributed by atoms with van der Waals surface area (Å²) in [4.78, 5) is 4.45. The maximum absolute atomic E-state index is 12.1. The molecule has 1 aliphatic heterocycles. The first-order valence-electron chi connectivity index (χ1n) is 8.03. The Hall–Kier alpha value is -1.43. The van der Waals surface area contributed by atoms with Crippen LogP contribution in [0.25, 0.3) is 0 Å². The van der Waals surface area contributed by atoms with Crippen LogP contribution in [-0.2, 0) is 0 Å². The van der Waals surface area contributed by atoms with Gasteiger partial charge in [-0.2, -0.15) is 0 Å². The topological polar surface area (TPSA) is 15.7 Å². The summed E-state index contributed by atoms with van der Waals surface area (Å²) < 4.78 is 40.3. The molecule has 2 unspecified atom stereocenters. The van der Waals surface area contributed by atoms with Crippen molar-refractivity contribution in [1.29, 1.82) is 0 Å². The minimum absolute atomic E-state index is 0.184. The van der Waals surface area contributed by atoms with Gasteiger partial charge in [-0.05, 0) is 50.2 Å². The van der Waals surface area contributed by atoms with E-state index in [2.05, 4.69) is 28.5 Å². The third-order valence-corrected chi connectivity index (χ3v) is 4.04. The summed E-state index contributed by atoms with van der Waals surface area (Å²) >= 11 is 0. The van der Waals surface area contributed by atoms with E-state index in [-0.39, 0.29) is 5.75 Å². The molecule has 0 spiro atoms. The van der Waals surface area contributed by atoms with Crippen molar-refractivity contribution >= 4 is 5.69 Å². The second kappa shape index (κ2) is 8.43. The number of ether oxygens (including phenoxy) is 1. The van der Waals surface area contributed by atoms with E-state index in [1.807, 2.05) is 20.9 Å². The van der Waals surface area contributed by atoms with Crippen LogP contribution in [0.5, 0.6) is 5.75 Å². The number of piperidine rings is 1. The normalized spacial score (nSPS) is 22.1. The summed E-state index contributed by atoms with van der Waals surface area (Å²) in [7, 11) is 4.10. The molecule has 0 radical (unpaired) electrons. The number of rotatable bonds is 3. The Bertz CT molecular complexity index is 462. The fraction of sp³-hybridized carbons (Fsp3) is 0.647. The molecule has 2 atom stereocenters. The number of benzene rings is 1. The lowest BCUT2D eigenvalue weighted by Crippen LogP contribution is -2.47. The van der Waals surface area contributed by atoms with Crippen LogP contribution in [0.4, 0.5) is 18.9 Å². The Morgan fingerprint density at radius 1 is 1.17 bits per heavy atom. The van der Waals surface area contributed by atoms with E-state index in [1.54, 1.807) is 12.1 Å². The Morgan fingerprint density at radius 3 is 2.22 bits per heavy atom. The van der Waals surface area contributed by atoms with Gasteiger partial charge in [0.25, 0.3) is 0 Å². The van der Waals surface area contributed by atoms with Crippen molar-refractivity contribution in [3.05, 3.63) is 24.3 Å². The average Bonchev–Trinajstić information content (AvgIpc) is 2.48. The van der Waals surface area contributed by atoms with E-state index < -0.39 is 6.36 Å². The smallest absolute Gasteiger partial charge is 0.406 e. The monoisotopic (exact) mass is 332 g/mol. The molecule has 3 nitrogen and oxygen atoms in total. The molecule has 0 saturated carbocycles. The van der Waals surface area contributed by atoms with Gasteiger partial charge in [-0.15, -0.1) is 13.2 Å². The molecule has 0 bridgehead atoms. The molecule has 23 heavy (non-hydrogen) atoms. The summed E-state index contributed by atoms with van der Waals surface area (Å²) in [5.74, 6) is 0.330. The highest BCUT2D eigenvalue weighted by atomic mass is 19.4. The third-order valence-electron chi connectivity index (χ3n) is 4.04. The largest absolute Gasteiger partial charge is 0.573 e. The summed E-state index contributed by atoms with van der Waals surface area (Å²) in [5, 5.41) is 0. The molecule has 2 rings (SSSR count). The number of alkyl halides is 3. The van der Waals surface area contributed by atoms with Crippen molar-refractivity contribution in [2.24, 2.45) is 5.92 Å². The standard InChI is InChI=1S/C15H21F3N2O.C2H6/c1-11-10-19(2)9-8-14(11)20(3)12-4-6-13(7-5-12)21-15(16,17)18;1-2/h4-7,11,14H,8-10H2,1-3H3;1-2H3. The number of nitrogens with zero attached hydrogens (tertiary/aromatic N) is 2. The highest BCUT2D eigenvalue weighted by Crippen LogP contribution is 2.28. The van der Waals surface area contributed by atoms with Crippen molar-refractivity contribution in [3.8, 4) is 5.75 Å². The molecule has 1 aliphatic rings. The summed E-state index contributed by atoms with van der Waals surface area (Å²) in [6.45, 7) is 8.27. The minimum Gasteiger partial charge on any atom is -0.406 e. The lowest BCUT2D eigenvalue weighted by atomic mass is 9.92. The molecule has 0 amide bonds. The molecule has 1 aromatic carbocycles. The maximum atomic E-state index is 12.1. The van der Waals surface area contributed by atoms with Gasteiger partial charge in [-0.1, -0.05) is 20.8 Å². The van der Waals surface area contributed by atoms with E-state index >= 15 is 0 Å². The van der Waals surface area contributed by atoms with Gasteiger partial charge in [0.2, 0.25) is 0 Å². The lowest BCUT2D eigenvalue weighted by Gasteiger charge is -2.41. The molecular formula is C17H27F3N2O. The van der Waals surface area contributed by atoms with Crippen molar-refractivity contribution in [3.63, 3.8) is 0 Å². The quantitative estimate of drug-likeness (QED) is 0.816. The number of halogens is 3. The Morgan fingerprint density at radius 2 is 1.74 bits per heavy atom. The molecule has 6 heteroatoms. The minimum atomic E-state index is -4.64. The zero-order chi connectivity index (χ0) is 17.6. The van der Waals surface area contributed by atoms with Gasteiger partial charge in [-0.25, -0.2) is 0 Å². The van der Waals surface area contributed by atoms with Crippen LogP contribution >= 0.6 is 0 Å². The number of likely N-dealkylation sites (tertiary alicyclic amines) is 1. The zero-order valence-corrected chi connectivity index (χ0v) is 14.5. The number of anilines is 1. The van der Waals surface area contributed by atoms with Gasteiger partial charge >= 0.3 is 6.36 Å². The summed E-state index contributed by atoms with van der Waals surface area (Å²) in [5.41, 5.74) is 0.908. The first-order chi connectivity index (χ1) is 10.8. The zero-order valence-electron chi connectivity index (χ0n) is 14.5. The van der Waals surface area contributed by atoms with Crippen molar-refractivity contribution in [2.45, 2.75) is 39.6 Å². The van der Waals surface area contributed by atoms with Crippen LogP contribution in [0.2, 0.25) is 0 Å². The molecule has 1 fully saturated rings. The van der Waals surface area contributed by atoms with Crippen LogP contribution in [0.1, 0.15) is 27.2 Å². The predicted octanol–water partition coefficient (Wildman–Crippen LogP) is 4.39. The fourth-order valence-corrected chi connectivity index (χ4v) is 2.99. The van der Waals surface area contributed by atoms with Gasteiger partial charge in [0, 0.05) is 25.3 Å². The van der Waals surface area contributed by atoms with E-state index in [0.717, 1.165) is 25.2 Å². The highest BCUT2D eigenvalue weighted by molar-refractivity contribution is 5.49. The van der Waals surface area contributed by atoms with E-state index in [9.17, 15) is 13.2 Å². The Kier molecular flexibility index (Phi) is 7.19.